The minimum atomic E-state index is -4.13. The third-order valence-electron chi connectivity index (χ3n) is 4.17. The normalized spacial score (nSPS) is 22.8. The van der Waals surface area contributed by atoms with E-state index in [4.69, 9.17) is 5.73 Å². The Kier molecular flexibility index (Phi) is 7.35. The van der Waals surface area contributed by atoms with Crippen molar-refractivity contribution in [3.8, 4) is 0 Å². The van der Waals surface area contributed by atoms with Gasteiger partial charge in [0.2, 0.25) is 5.91 Å². The van der Waals surface area contributed by atoms with Crippen LogP contribution in [0.2, 0.25) is 0 Å². The Morgan fingerprint density at radius 2 is 1.74 bits per heavy atom. The number of amides is 1. The maximum atomic E-state index is 12.6. The van der Waals surface area contributed by atoms with E-state index in [0.717, 1.165) is 5.56 Å². The molecule has 0 aliphatic heterocycles. The van der Waals surface area contributed by atoms with Gasteiger partial charge in [0.15, 0.2) is 0 Å². The van der Waals surface area contributed by atoms with Gasteiger partial charge in [-0.1, -0.05) is 30.3 Å². The molecule has 1 unspecified atom stereocenters. The minimum absolute atomic E-state index is 0. The number of nitrogens with one attached hydrogen (secondary N) is 1. The summed E-state index contributed by atoms with van der Waals surface area (Å²) in [5.41, 5.74) is 6.83. The van der Waals surface area contributed by atoms with Crippen molar-refractivity contribution in [2.24, 2.45) is 11.7 Å². The smallest absolute Gasteiger partial charge is 0.352 e. The highest BCUT2D eigenvalue weighted by atomic mass is 35.5. The van der Waals surface area contributed by atoms with Crippen LogP contribution in [0.3, 0.4) is 0 Å². The van der Waals surface area contributed by atoms with Gasteiger partial charge in [-0.15, -0.1) is 12.4 Å². The highest BCUT2D eigenvalue weighted by molar-refractivity contribution is 5.85. The zero-order chi connectivity index (χ0) is 16.2. The molecule has 3 N–H and O–H groups in total. The van der Waals surface area contributed by atoms with E-state index in [1.165, 1.54) is 0 Å². The third kappa shape index (κ3) is 6.03. The van der Waals surface area contributed by atoms with E-state index in [1.54, 1.807) is 0 Å². The summed E-state index contributed by atoms with van der Waals surface area (Å²) in [4.78, 5) is 12.0. The van der Waals surface area contributed by atoms with Gasteiger partial charge >= 0.3 is 6.18 Å². The van der Waals surface area contributed by atoms with Crippen LogP contribution in [0.25, 0.3) is 0 Å². The van der Waals surface area contributed by atoms with Crippen LogP contribution in [0.1, 0.15) is 31.2 Å². The lowest BCUT2D eigenvalue weighted by atomic mass is 9.85. The van der Waals surface area contributed by atoms with Crippen molar-refractivity contribution in [1.29, 1.82) is 0 Å². The third-order valence-corrected chi connectivity index (χ3v) is 4.17. The van der Waals surface area contributed by atoms with E-state index in [0.29, 0.717) is 19.3 Å². The van der Waals surface area contributed by atoms with E-state index < -0.39 is 18.1 Å². The van der Waals surface area contributed by atoms with Gasteiger partial charge in [-0.05, 0) is 37.7 Å². The number of carbonyl (C=O) groups excluding carboxylic acids is 1. The van der Waals surface area contributed by atoms with Crippen molar-refractivity contribution >= 4 is 18.3 Å². The quantitative estimate of drug-likeness (QED) is 0.876. The van der Waals surface area contributed by atoms with Crippen LogP contribution in [0, 0.1) is 5.92 Å². The predicted molar refractivity (Wildman–Crippen MR) is 85.3 cm³/mol. The Bertz CT molecular complexity index is 488. The molecule has 2 rings (SSSR count). The maximum absolute atomic E-state index is 12.6. The first-order valence-electron chi connectivity index (χ1n) is 7.53. The first-order chi connectivity index (χ1) is 10.4. The second-order valence-electron chi connectivity index (χ2n) is 5.89. The first-order valence-corrected chi connectivity index (χ1v) is 7.53. The van der Waals surface area contributed by atoms with Gasteiger partial charge in [0.05, 0.1) is 12.0 Å². The Balaban J connectivity index is 0.00000264. The summed E-state index contributed by atoms with van der Waals surface area (Å²) in [7, 11) is 0. The average molecular weight is 351 g/mol. The fraction of sp³-hybridized carbons (Fsp3) is 0.562. The van der Waals surface area contributed by atoms with E-state index >= 15 is 0 Å². The van der Waals surface area contributed by atoms with Gasteiger partial charge in [0.1, 0.15) is 0 Å². The van der Waals surface area contributed by atoms with Crippen LogP contribution < -0.4 is 11.1 Å². The fourth-order valence-electron chi connectivity index (χ4n) is 2.83. The van der Waals surface area contributed by atoms with Gasteiger partial charge in [0.25, 0.3) is 0 Å². The zero-order valence-electron chi connectivity index (χ0n) is 12.7. The molecule has 1 saturated carbocycles. The Hall–Kier alpha value is -1.27. The molecule has 23 heavy (non-hydrogen) atoms. The largest absolute Gasteiger partial charge is 0.391 e. The molecular weight excluding hydrogens is 329 g/mol. The Morgan fingerprint density at radius 3 is 2.26 bits per heavy atom. The fourth-order valence-corrected chi connectivity index (χ4v) is 2.83. The second-order valence-corrected chi connectivity index (χ2v) is 5.89. The molecule has 1 aromatic rings. The van der Waals surface area contributed by atoms with Crippen molar-refractivity contribution in [2.75, 3.05) is 0 Å². The summed E-state index contributed by atoms with van der Waals surface area (Å²) in [6, 6.07) is 8.53. The standard InChI is InChI=1S/C16H21F3N2O.ClH/c17-16(18,19)12-6-8-13(9-7-12)21-15(22)14(20)10-11-4-2-1-3-5-11;/h1-5,12-14H,6-10,20H2,(H,21,22);1H. The molecule has 0 aromatic heterocycles. The van der Waals surface area contributed by atoms with Crippen molar-refractivity contribution in [3.05, 3.63) is 35.9 Å². The van der Waals surface area contributed by atoms with Crippen LogP contribution in [0.5, 0.6) is 0 Å². The molecule has 1 atom stereocenters. The molecule has 0 heterocycles. The van der Waals surface area contributed by atoms with E-state index in [-0.39, 0.29) is 37.2 Å². The molecule has 0 radical (unpaired) electrons. The van der Waals surface area contributed by atoms with Crippen LogP contribution >= 0.6 is 12.4 Å². The highest BCUT2D eigenvalue weighted by Crippen LogP contribution is 2.37. The van der Waals surface area contributed by atoms with Gasteiger partial charge in [0, 0.05) is 6.04 Å². The number of alkyl halides is 3. The number of benzene rings is 1. The van der Waals surface area contributed by atoms with Crippen LogP contribution in [-0.4, -0.2) is 24.2 Å². The molecule has 1 fully saturated rings. The number of nitrogens with two attached hydrogens (primary N) is 1. The Labute approximate surface area is 140 Å². The zero-order valence-corrected chi connectivity index (χ0v) is 13.5. The first kappa shape index (κ1) is 19.8. The van der Waals surface area contributed by atoms with Crippen molar-refractivity contribution in [3.63, 3.8) is 0 Å². The molecule has 130 valence electrons. The molecule has 1 aromatic carbocycles. The lowest BCUT2D eigenvalue weighted by Crippen LogP contribution is -2.48. The molecular formula is C16H22ClF3N2O. The summed E-state index contributed by atoms with van der Waals surface area (Å²) in [6.07, 6.45) is -2.85. The highest BCUT2D eigenvalue weighted by Gasteiger charge is 2.41. The topological polar surface area (TPSA) is 55.1 Å². The summed E-state index contributed by atoms with van der Waals surface area (Å²) in [6.45, 7) is 0. The monoisotopic (exact) mass is 350 g/mol. The number of carbonyl (C=O) groups is 1. The van der Waals surface area contributed by atoms with E-state index in [2.05, 4.69) is 5.32 Å². The molecule has 3 nitrogen and oxygen atoms in total. The van der Waals surface area contributed by atoms with Crippen LogP contribution in [0.15, 0.2) is 30.3 Å². The molecule has 1 amide bonds. The second kappa shape index (κ2) is 8.55. The lowest BCUT2D eigenvalue weighted by molar-refractivity contribution is -0.182. The summed E-state index contributed by atoms with van der Waals surface area (Å²) >= 11 is 0. The van der Waals surface area contributed by atoms with E-state index in [9.17, 15) is 18.0 Å². The lowest BCUT2D eigenvalue weighted by Gasteiger charge is -2.30. The number of hydrogen-bond acceptors (Lipinski definition) is 2. The number of hydrogen-bond donors (Lipinski definition) is 2. The van der Waals surface area contributed by atoms with Gasteiger partial charge in [-0.25, -0.2) is 0 Å². The van der Waals surface area contributed by atoms with Crippen molar-refractivity contribution in [2.45, 2.75) is 50.4 Å². The predicted octanol–water partition coefficient (Wildman–Crippen LogP) is 3.22. The van der Waals surface area contributed by atoms with Gasteiger partial charge in [-0.3, -0.25) is 4.79 Å². The maximum Gasteiger partial charge on any atom is 0.391 e. The molecule has 7 heteroatoms. The van der Waals surface area contributed by atoms with Crippen LogP contribution in [-0.2, 0) is 11.2 Å². The molecule has 0 saturated heterocycles. The van der Waals surface area contributed by atoms with Crippen LogP contribution in [0.4, 0.5) is 13.2 Å². The SMILES string of the molecule is Cl.NC(Cc1ccccc1)C(=O)NC1CCC(C(F)(F)F)CC1. The van der Waals surface area contributed by atoms with E-state index in [1.807, 2.05) is 30.3 Å². The Morgan fingerprint density at radius 1 is 1.17 bits per heavy atom. The van der Waals surface area contributed by atoms with Crippen molar-refractivity contribution < 1.29 is 18.0 Å². The molecule has 0 spiro atoms. The van der Waals surface area contributed by atoms with Gasteiger partial charge < -0.3 is 11.1 Å². The molecule has 0 bridgehead atoms. The van der Waals surface area contributed by atoms with Gasteiger partial charge in [-0.2, -0.15) is 13.2 Å². The average Bonchev–Trinajstić information content (AvgIpc) is 2.48. The molecule has 1 aliphatic rings. The molecule has 1 aliphatic carbocycles. The summed E-state index contributed by atoms with van der Waals surface area (Å²) < 4.78 is 37.8. The summed E-state index contributed by atoms with van der Waals surface area (Å²) in [5, 5.41) is 2.78. The number of rotatable bonds is 4. The minimum Gasteiger partial charge on any atom is -0.352 e. The summed E-state index contributed by atoms with van der Waals surface area (Å²) in [5.74, 6) is -1.53. The number of halogens is 4. The van der Waals surface area contributed by atoms with Crippen molar-refractivity contribution in [1.82, 2.24) is 5.32 Å².